The van der Waals surface area contributed by atoms with Crippen LogP contribution in [0.4, 0.5) is 5.69 Å². The first-order valence-electron chi connectivity index (χ1n) is 5.50. The molecular formula is C12H15BrN2O. The number of halogens is 1. The van der Waals surface area contributed by atoms with Gasteiger partial charge < -0.3 is 10.6 Å². The van der Waals surface area contributed by atoms with Gasteiger partial charge in [-0.15, -0.1) is 0 Å². The van der Waals surface area contributed by atoms with Crippen molar-refractivity contribution in [3.8, 4) is 0 Å². The lowest BCUT2D eigenvalue weighted by Gasteiger charge is -2.24. The number of nitrogens with two attached hydrogens (primary N) is 1. The molecule has 1 aromatic carbocycles. The van der Waals surface area contributed by atoms with Gasteiger partial charge in [0.15, 0.2) is 0 Å². The van der Waals surface area contributed by atoms with E-state index in [1.54, 1.807) is 0 Å². The minimum atomic E-state index is 0.209. The average Bonchev–Trinajstić information content (AvgIpc) is 2.62. The van der Waals surface area contributed by atoms with Crippen molar-refractivity contribution in [3.05, 3.63) is 28.7 Å². The number of benzene rings is 1. The van der Waals surface area contributed by atoms with Gasteiger partial charge in [0.2, 0.25) is 5.91 Å². The average molecular weight is 283 g/mol. The molecule has 0 radical (unpaired) electrons. The van der Waals surface area contributed by atoms with Gasteiger partial charge in [0.05, 0.1) is 0 Å². The van der Waals surface area contributed by atoms with Crippen molar-refractivity contribution >= 4 is 27.5 Å². The second-order valence-electron chi connectivity index (χ2n) is 4.01. The maximum Gasteiger partial charge on any atom is 0.227 e. The number of nitrogens with zero attached hydrogens (tertiary/aromatic N) is 1. The second-order valence-corrected chi connectivity index (χ2v) is 4.93. The van der Waals surface area contributed by atoms with Crippen molar-refractivity contribution < 1.29 is 4.79 Å². The zero-order valence-corrected chi connectivity index (χ0v) is 10.6. The van der Waals surface area contributed by atoms with E-state index >= 15 is 0 Å². The summed E-state index contributed by atoms with van der Waals surface area (Å²) in [4.78, 5) is 13.7. The number of carbonyl (C=O) groups is 1. The minimum Gasteiger partial charge on any atom is -0.330 e. The Balaban J connectivity index is 2.22. The summed E-state index contributed by atoms with van der Waals surface area (Å²) in [5, 5.41) is 0. The molecule has 1 heterocycles. The van der Waals surface area contributed by atoms with E-state index in [0.29, 0.717) is 13.0 Å². The van der Waals surface area contributed by atoms with E-state index in [9.17, 15) is 4.79 Å². The molecule has 0 spiro atoms. The Bertz CT molecular complexity index is 377. The molecule has 0 aromatic heterocycles. The van der Waals surface area contributed by atoms with Crippen molar-refractivity contribution in [2.45, 2.75) is 25.3 Å². The lowest BCUT2D eigenvalue weighted by Crippen LogP contribution is -2.34. The lowest BCUT2D eigenvalue weighted by molar-refractivity contribution is -0.117. The van der Waals surface area contributed by atoms with Gasteiger partial charge in [-0.3, -0.25) is 4.79 Å². The van der Waals surface area contributed by atoms with Crippen LogP contribution < -0.4 is 10.6 Å². The van der Waals surface area contributed by atoms with E-state index in [2.05, 4.69) is 15.9 Å². The molecule has 1 fully saturated rings. The molecule has 3 nitrogen and oxygen atoms in total. The maximum absolute atomic E-state index is 11.8. The molecule has 0 saturated carbocycles. The first-order chi connectivity index (χ1) is 7.72. The van der Waals surface area contributed by atoms with E-state index in [4.69, 9.17) is 5.73 Å². The summed E-state index contributed by atoms with van der Waals surface area (Å²) in [5.41, 5.74) is 6.55. The third-order valence-electron chi connectivity index (χ3n) is 2.93. The molecule has 2 N–H and O–H groups in total. The van der Waals surface area contributed by atoms with E-state index in [-0.39, 0.29) is 11.9 Å². The molecule has 1 aliphatic heterocycles. The SMILES string of the molecule is NCCC1CCC(=O)N1c1ccc(Br)cc1. The lowest BCUT2D eigenvalue weighted by atomic mass is 10.1. The Morgan fingerprint density at radius 1 is 1.38 bits per heavy atom. The molecule has 86 valence electrons. The normalized spacial score (nSPS) is 20.5. The zero-order chi connectivity index (χ0) is 11.5. The first kappa shape index (κ1) is 11.6. The maximum atomic E-state index is 11.8. The number of hydrogen-bond donors (Lipinski definition) is 1. The quantitative estimate of drug-likeness (QED) is 0.925. The molecule has 1 saturated heterocycles. The molecule has 0 bridgehead atoms. The van der Waals surface area contributed by atoms with Crippen LogP contribution in [0.1, 0.15) is 19.3 Å². The van der Waals surface area contributed by atoms with Crippen LogP contribution in [0.25, 0.3) is 0 Å². The minimum absolute atomic E-state index is 0.209. The predicted octanol–water partition coefficient (Wildman–Crippen LogP) is 2.29. The Hall–Kier alpha value is -0.870. The molecule has 1 aromatic rings. The summed E-state index contributed by atoms with van der Waals surface area (Å²) in [7, 11) is 0. The highest BCUT2D eigenvalue weighted by Gasteiger charge is 2.31. The number of hydrogen-bond acceptors (Lipinski definition) is 2. The Labute approximate surface area is 104 Å². The molecule has 16 heavy (non-hydrogen) atoms. The van der Waals surface area contributed by atoms with Crippen LogP contribution >= 0.6 is 15.9 Å². The fourth-order valence-corrected chi connectivity index (χ4v) is 2.43. The van der Waals surface area contributed by atoms with Crippen molar-refractivity contribution in [1.82, 2.24) is 0 Å². The van der Waals surface area contributed by atoms with Crippen LogP contribution in [0.15, 0.2) is 28.7 Å². The Kier molecular flexibility index (Phi) is 3.61. The van der Waals surface area contributed by atoms with Crippen LogP contribution in [-0.4, -0.2) is 18.5 Å². The summed E-state index contributed by atoms with van der Waals surface area (Å²) in [6, 6.07) is 8.13. The monoisotopic (exact) mass is 282 g/mol. The van der Waals surface area contributed by atoms with E-state index in [1.807, 2.05) is 29.2 Å². The third-order valence-corrected chi connectivity index (χ3v) is 3.46. The van der Waals surface area contributed by atoms with Gasteiger partial charge >= 0.3 is 0 Å². The molecule has 1 amide bonds. The fraction of sp³-hybridized carbons (Fsp3) is 0.417. The summed E-state index contributed by atoms with van der Waals surface area (Å²) in [6.45, 7) is 0.630. The summed E-state index contributed by atoms with van der Waals surface area (Å²) in [6.07, 6.45) is 2.44. The van der Waals surface area contributed by atoms with Gasteiger partial charge in [-0.2, -0.15) is 0 Å². The van der Waals surface area contributed by atoms with Crippen molar-refractivity contribution in [2.24, 2.45) is 5.73 Å². The molecular weight excluding hydrogens is 268 g/mol. The van der Waals surface area contributed by atoms with Gasteiger partial charge in [0, 0.05) is 22.6 Å². The van der Waals surface area contributed by atoms with Gasteiger partial charge in [0.25, 0.3) is 0 Å². The summed E-state index contributed by atoms with van der Waals surface area (Å²) >= 11 is 3.39. The van der Waals surface area contributed by atoms with Crippen molar-refractivity contribution in [1.29, 1.82) is 0 Å². The molecule has 1 aliphatic rings. The smallest absolute Gasteiger partial charge is 0.227 e. The molecule has 1 unspecified atom stereocenters. The number of anilines is 1. The first-order valence-corrected chi connectivity index (χ1v) is 6.29. The number of amides is 1. The van der Waals surface area contributed by atoms with E-state index in [0.717, 1.165) is 23.0 Å². The van der Waals surface area contributed by atoms with Crippen LogP contribution in [0.3, 0.4) is 0 Å². The van der Waals surface area contributed by atoms with Gasteiger partial charge in [0.1, 0.15) is 0 Å². The van der Waals surface area contributed by atoms with Crippen LogP contribution in [-0.2, 0) is 4.79 Å². The summed E-state index contributed by atoms with van der Waals surface area (Å²) in [5.74, 6) is 0.209. The molecule has 0 aliphatic carbocycles. The number of carbonyl (C=O) groups excluding carboxylic acids is 1. The van der Waals surface area contributed by atoms with E-state index in [1.165, 1.54) is 0 Å². The summed E-state index contributed by atoms with van der Waals surface area (Å²) < 4.78 is 1.03. The largest absolute Gasteiger partial charge is 0.330 e. The fourth-order valence-electron chi connectivity index (χ4n) is 2.17. The highest BCUT2D eigenvalue weighted by atomic mass is 79.9. The van der Waals surface area contributed by atoms with Crippen molar-refractivity contribution in [3.63, 3.8) is 0 Å². The van der Waals surface area contributed by atoms with E-state index < -0.39 is 0 Å². The van der Waals surface area contributed by atoms with Gasteiger partial charge in [-0.25, -0.2) is 0 Å². The van der Waals surface area contributed by atoms with Crippen LogP contribution in [0.5, 0.6) is 0 Å². The highest BCUT2D eigenvalue weighted by molar-refractivity contribution is 9.10. The second kappa shape index (κ2) is 4.97. The molecule has 1 atom stereocenters. The standard InChI is InChI=1S/C12H15BrN2O/c13-9-1-3-10(4-2-9)15-11(7-8-14)5-6-12(15)16/h1-4,11H,5-8,14H2. The third kappa shape index (κ3) is 2.28. The number of rotatable bonds is 3. The topological polar surface area (TPSA) is 46.3 Å². The molecule has 4 heteroatoms. The molecule has 2 rings (SSSR count). The predicted molar refractivity (Wildman–Crippen MR) is 68.3 cm³/mol. The van der Waals surface area contributed by atoms with Crippen LogP contribution in [0, 0.1) is 0 Å². The van der Waals surface area contributed by atoms with Gasteiger partial charge in [-0.1, -0.05) is 15.9 Å². The Morgan fingerprint density at radius 2 is 2.06 bits per heavy atom. The van der Waals surface area contributed by atoms with Crippen molar-refractivity contribution in [2.75, 3.05) is 11.4 Å². The highest BCUT2D eigenvalue weighted by Crippen LogP contribution is 2.29. The Morgan fingerprint density at radius 3 is 2.69 bits per heavy atom. The van der Waals surface area contributed by atoms with Gasteiger partial charge in [-0.05, 0) is 43.7 Å². The zero-order valence-electron chi connectivity index (χ0n) is 9.03. The van der Waals surface area contributed by atoms with Crippen LogP contribution in [0.2, 0.25) is 0 Å².